The standard InChI is InChI=1S/C24H42N2O10/c1-2-3-4-5-22(27)25-8-12-33-16-20-35-18-14-31-10-6-23(28)26-9-13-34-17-21-36-19-15-32-11-7-24(29)30/h1H,3-21H2,(H,25,27)(H,26,28)(H,29,30). The highest BCUT2D eigenvalue weighted by molar-refractivity contribution is 5.76. The lowest BCUT2D eigenvalue weighted by Crippen LogP contribution is -2.28. The number of aliphatic carboxylic acids is 1. The third-order valence-corrected chi connectivity index (χ3v) is 4.28. The molecule has 0 aliphatic rings. The summed E-state index contributed by atoms with van der Waals surface area (Å²) >= 11 is 0. The van der Waals surface area contributed by atoms with Crippen LogP contribution in [0.2, 0.25) is 0 Å². The minimum atomic E-state index is -0.892. The van der Waals surface area contributed by atoms with E-state index >= 15 is 0 Å². The molecule has 0 aromatic carbocycles. The molecule has 2 amide bonds. The van der Waals surface area contributed by atoms with Crippen LogP contribution in [0.5, 0.6) is 0 Å². The zero-order valence-electron chi connectivity index (χ0n) is 21.1. The zero-order chi connectivity index (χ0) is 26.5. The van der Waals surface area contributed by atoms with E-state index in [1.54, 1.807) is 0 Å². The number of carbonyl (C=O) groups is 3. The molecule has 0 aromatic rings. The van der Waals surface area contributed by atoms with Gasteiger partial charge in [0.05, 0.1) is 85.7 Å². The Hall–Kier alpha value is -2.27. The molecule has 12 heteroatoms. The van der Waals surface area contributed by atoms with Crippen LogP contribution in [0.3, 0.4) is 0 Å². The topological polar surface area (TPSA) is 151 Å². The van der Waals surface area contributed by atoms with E-state index < -0.39 is 5.97 Å². The highest BCUT2D eigenvalue weighted by Gasteiger charge is 2.02. The Morgan fingerprint density at radius 2 is 0.972 bits per heavy atom. The van der Waals surface area contributed by atoms with Crippen molar-refractivity contribution in [3.8, 4) is 12.3 Å². The molecule has 0 unspecified atom stereocenters. The third kappa shape index (κ3) is 28.0. The number of hydrogen-bond donors (Lipinski definition) is 3. The van der Waals surface area contributed by atoms with Crippen molar-refractivity contribution < 1.29 is 47.9 Å². The molecular formula is C24H42N2O10. The predicted molar refractivity (Wildman–Crippen MR) is 130 cm³/mol. The van der Waals surface area contributed by atoms with E-state index in [-0.39, 0.29) is 31.3 Å². The Morgan fingerprint density at radius 1 is 0.583 bits per heavy atom. The van der Waals surface area contributed by atoms with Gasteiger partial charge in [-0.15, -0.1) is 12.3 Å². The second-order valence-corrected chi connectivity index (χ2v) is 7.33. The SMILES string of the molecule is C#CCCCC(=O)NCCOCCOCCOCCC(=O)NCCOCCOCCOCCC(=O)O. The summed E-state index contributed by atoms with van der Waals surface area (Å²) < 4.78 is 31.8. The van der Waals surface area contributed by atoms with Gasteiger partial charge in [0.1, 0.15) is 0 Å². The van der Waals surface area contributed by atoms with E-state index in [9.17, 15) is 14.4 Å². The predicted octanol–water partition coefficient (Wildman–Crippen LogP) is -0.0133. The molecule has 36 heavy (non-hydrogen) atoms. The molecule has 3 N–H and O–H groups in total. The highest BCUT2D eigenvalue weighted by Crippen LogP contribution is 1.93. The second kappa shape index (κ2) is 27.3. The number of unbranched alkanes of at least 4 members (excludes halogenated alkanes) is 1. The van der Waals surface area contributed by atoms with Gasteiger partial charge in [-0.3, -0.25) is 14.4 Å². The smallest absolute Gasteiger partial charge is 0.305 e. The number of carboxylic acids is 1. The van der Waals surface area contributed by atoms with Gasteiger partial charge in [-0.2, -0.15) is 0 Å². The van der Waals surface area contributed by atoms with Crippen LogP contribution in [0.1, 0.15) is 32.1 Å². The monoisotopic (exact) mass is 518 g/mol. The van der Waals surface area contributed by atoms with E-state index in [4.69, 9.17) is 40.0 Å². The van der Waals surface area contributed by atoms with Gasteiger partial charge in [-0.25, -0.2) is 0 Å². The lowest BCUT2D eigenvalue weighted by atomic mass is 10.2. The van der Waals surface area contributed by atoms with E-state index in [0.717, 1.165) is 0 Å². The number of carbonyl (C=O) groups excluding carboxylic acids is 2. The maximum Gasteiger partial charge on any atom is 0.305 e. The Balaban J connectivity index is 3.22. The number of hydrogen-bond acceptors (Lipinski definition) is 9. The Kier molecular flexibility index (Phi) is 25.6. The van der Waals surface area contributed by atoms with Crippen molar-refractivity contribution in [3.63, 3.8) is 0 Å². The highest BCUT2D eigenvalue weighted by atomic mass is 16.5. The van der Waals surface area contributed by atoms with Gasteiger partial charge in [0, 0.05) is 32.4 Å². The fraction of sp³-hybridized carbons (Fsp3) is 0.792. The first-order valence-corrected chi connectivity index (χ1v) is 12.2. The number of amides is 2. The van der Waals surface area contributed by atoms with Crippen LogP contribution in [-0.2, 0) is 42.8 Å². The lowest BCUT2D eigenvalue weighted by molar-refractivity contribution is -0.138. The van der Waals surface area contributed by atoms with Crippen LogP contribution in [-0.4, -0.2) is 115 Å². The first kappa shape index (κ1) is 33.7. The van der Waals surface area contributed by atoms with Crippen LogP contribution in [0, 0.1) is 12.3 Å². The lowest BCUT2D eigenvalue weighted by Gasteiger charge is -2.09. The average Bonchev–Trinajstić information content (AvgIpc) is 2.85. The van der Waals surface area contributed by atoms with Gasteiger partial charge >= 0.3 is 5.97 Å². The van der Waals surface area contributed by atoms with Crippen LogP contribution >= 0.6 is 0 Å². The summed E-state index contributed by atoms with van der Waals surface area (Å²) in [6.07, 6.45) is 7.09. The van der Waals surface area contributed by atoms with E-state index in [1.807, 2.05) is 0 Å². The molecule has 0 saturated carbocycles. The molecule has 0 saturated heterocycles. The van der Waals surface area contributed by atoms with Crippen molar-refractivity contribution in [2.24, 2.45) is 0 Å². The summed E-state index contributed by atoms with van der Waals surface area (Å²) in [7, 11) is 0. The summed E-state index contributed by atoms with van der Waals surface area (Å²) in [4.78, 5) is 33.5. The van der Waals surface area contributed by atoms with Crippen molar-refractivity contribution in [2.45, 2.75) is 32.1 Å². The minimum absolute atomic E-state index is 0.0218. The van der Waals surface area contributed by atoms with E-state index in [1.165, 1.54) is 0 Å². The molecule has 12 nitrogen and oxygen atoms in total. The average molecular weight is 519 g/mol. The maximum absolute atomic E-state index is 11.7. The first-order chi connectivity index (χ1) is 17.6. The number of nitrogens with one attached hydrogen (secondary N) is 2. The maximum atomic E-state index is 11.7. The van der Waals surface area contributed by atoms with Crippen molar-refractivity contribution in [1.29, 1.82) is 0 Å². The van der Waals surface area contributed by atoms with Gasteiger partial charge in [0.25, 0.3) is 0 Å². The van der Waals surface area contributed by atoms with Crippen LogP contribution in [0.25, 0.3) is 0 Å². The van der Waals surface area contributed by atoms with Crippen molar-refractivity contribution >= 4 is 17.8 Å². The molecule has 0 atom stereocenters. The first-order valence-electron chi connectivity index (χ1n) is 12.2. The summed E-state index contributed by atoms with van der Waals surface area (Å²) in [5, 5.41) is 14.0. The van der Waals surface area contributed by atoms with Crippen molar-refractivity contribution in [1.82, 2.24) is 10.6 Å². The van der Waals surface area contributed by atoms with E-state index in [0.29, 0.717) is 105 Å². The van der Waals surface area contributed by atoms with Crippen molar-refractivity contribution in [2.75, 3.05) is 92.4 Å². The van der Waals surface area contributed by atoms with Crippen molar-refractivity contribution in [3.05, 3.63) is 0 Å². The Bertz CT molecular complexity index is 598. The molecule has 0 fully saturated rings. The van der Waals surface area contributed by atoms with Crippen LogP contribution in [0.4, 0.5) is 0 Å². The van der Waals surface area contributed by atoms with Gasteiger partial charge in [-0.1, -0.05) is 0 Å². The molecule has 0 heterocycles. The van der Waals surface area contributed by atoms with Gasteiger partial charge in [0.15, 0.2) is 0 Å². The van der Waals surface area contributed by atoms with Gasteiger partial charge < -0.3 is 44.2 Å². The molecule has 0 aliphatic heterocycles. The van der Waals surface area contributed by atoms with Gasteiger partial charge in [-0.05, 0) is 6.42 Å². The molecule has 0 aliphatic carbocycles. The Morgan fingerprint density at radius 3 is 1.42 bits per heavy atom. The van der Waals surface area contributed by atoms with E-state index in [2.05, 4.69) is 16.6 Å². The van der Waals surface area contributed by atoms with Crippen LogP contribution < -0.4 is 10.6 Å². The van der Waals surface area contributed by atoms with Crippen LogP contribution in [0.15, 0.2) is 0 Å². The molecule has 0 spiro atoms. The summed E-state index contributed by atoms with van der Waals surface area (Å²) in [6.45, 7) is 5.24. The summed E-state index contributed by atoms with van der Waals surface area (Å²) in [5.41, 5.74) is 0. The summed E-state index contributed by atoms with van der Waals surface area (Å²) in [6, 6.07) is 0. The minimum Gasteiger partial charge on any atom is -0.481 e. The number of terminal acetylenes is 1. The third-order valence-electron chi connectivity index (χ3n) is 4.28. The molecule has 0 bridgehead atoms. The van der Waals surface area contributed by atoms with Gasteiger partial charge in [0.2, 0.25) is 11.8 Å². The molecule has 208 valence electrons. The zero-order valence-corrected chi connectivity index (χ0v) is 21.1. The molecule has 0 radical (unpaired) electrons. The number of rotatable bonds is 27. The Labute approximate surface area is 213 Å². The fourth-order valence-electron chi connectivity index (χ4n) is 2.46. The number of ether oxygens (including phenoxy) is 6. The molecule has 0 aromatic heterocycles. The quantitative estimate of drug-likeness (QED) is 0.100. The fourth-order valence-corrected chi connectivity index (χ4v) is 2.46. The molecular weight excluding hydrogens is 476 g/mol. The number of carboxylic acid groups (broad SMARTS) is 1. The largest absolute Gasteiger partial charge is 0.481 e. The second-order valence-electron chi connectivity index (χ2n) is 7.33. The summed E-state index contributed by atoms with van der Waals surface area (Å²) in [5.74, 6) is 1.46. The normalized spacial score (nSPS) is 10.6. The molecule has 0 rings (SSSR count).